The number of benzene rings is 1. The molecule has 0 saturated carbocycles. The van der Waals surface area contributed by atoms with Crippen LogP contribution >= 0.6 is 0 Å². The number of pyridine rings is 2. The maximum absolute atomic E-state index is 14.2. The van der Waals surface area contributed by atoms with Crippen molar-refractivity contribution in [2.75, 3.05) is 5.73 Å². The standard InChI is InChI=1S/C23H16F2N6O/c1-12-18-6-15(24)2-3-17(18)21-14(4-16(25)9-28-21)10-31-11-30-19(7-26)22(31)13-5-20(32-12)23(27)29-8-13/h2-6,8-9,11-12H,10H2,1H3,(H2,27,29). The van der Waals surface area contributed by atoms with Crippen molar-refractivity contribution in [1.29, 1.82) is 5.26 Å². The van der Waals surface area contributed by atoms with Gasteiger partial charge in [-0.15, -0.1) is 0 Å². The first kappa shape index (κ1) is 19.6. The quantitative estimate of drug-likeness (QED) is 0.448. The molecule has 4 heterocycles. The fourth-order valence-electron chi connectivity index (χ4n) is 3.93. The minimum Gasteiger partial charge on any atom is -0.482 e. The zero-order valence-electron chi connectivity index (χ0n) is 16.9. The van der Waals surface area contributed by atoms with E-state index in [0.29, 0.717) is 33.6 Å². The molecule has 32 heavy (non-hydrogen) atoms. The number of rotatable bonds is 0. The number of hydrogen-bond acceptors (Lipinski definition) is 6. The molecule has 0 amide bonds. The van der Waals surface area contributed by atoms with Gasteiger partial charge in [0, 0.05) is 28.5 Å². The number of halogens is 2. The molecule has 1 unspecified atom stereocenters. The predicted molar refractivity (Wildman–Crippen MR) is 112 cm³/mol. The van der Waals surface area contributed by atoms with Crippen LogP contribution in [0.15, 0.2) is 49.1 Å². The summed E-state index contributed by atoms with van der Waals surface area (Å²) in [6, 6.07) is 9.38. The van der Waals surface area contributed by atoms with Crippen LogP contribution in [0.2, 0.25) is 0 Å². The minimum atomic E-state index is -0.625. The van der Waals surface area contributed by atoms with Crippen molar-refractivity contribution in [1.82, 2.24) is 19.5 Å². The molecule has 2 bridgehead atoms. The van der Waals surface area contributed by atoms with Gasteiger partial charge in [0.1, 0.15) is 23.8 Å². The molecule has 0 aliphatic carbocycles. The number of aromatic nitrogens is 4. The molecule has 158 valence electrons. The van der Waals surface area contributed by atoms with Crippen molar-refractivity contribution >= 4 is 5.82 Å². The third kappa shape index (κ3) is 3.22. The lowest BCUT2D eigenvalue weighted by atomic mass is 9.96. The molecule has 3 aromatic heterocycles. The molecule has 0 saturated heterocycles. The molecule has 1 aliphatic rings. The van der Waals surface area contributed by atoms with Crippen LogP contribution in [-0.2, 0) is 6.54 Å². The monoisotopic (exact) mass is 430 g/mol. The third-order valence-electron chi connectivity index (χ3n) is 5.38. The van der Waals surface area contributed by atoms with E-state index < -0.39 is 17.7 Å². The van der Waals surface area contributed by atoms with Gasteiger partial charge < -0.3 is 15.0 Å². The molecule has 5 rings (SSSR count). The van der Waals surface area contributed by atoms with Crippen LogP contribution < -0.4 is 10.5 Å². The molecule has 0 radical (unpaired) electrons. The average Bonchev–Trinajstić information content (AvgIpc) is 3.17. The van der Waals surface area contributed by atoms with Crippen molar-refractivity contribution in [3.05, 3.63) is 77.5 Å². The topological polar surface area (TPSA) is 103 Å². The second-order valence-corrected chi connectivity index (χ2v) is 7.44. The number of nitrogens with zero attached hydrogens (tertiary/aromatic N) is 5. The van der Waals surface area contributed by atoms with Gasteiger partial charge in [0.2, 0.25) is 0 Å². The first-order valence-electron chi connectivity index (χ1n) is 9.76. The van der Waals surface area contributed by atoms with Crippen LogP contribution in [-0.4, -0.2) is 19.5 Å². The Kier molecular flexibility index (Phi) is 4.56. The Balaban J connectivity index is 1.84. The number of hydrogen-bond donors (Lipinski definition) is 1. The fraction of sp³-hybridized carbons (Fsp3) is 0.130. The van der Waals surface area contributed by atoms with Crippen molar-refractivity contribution in [3.8, 4) is 34.3 Å². The maximum Gasteiger partial charge on any atom is 0.166 e. The Morgan fingerprint density at radius 1 is 1.12 bits per heavy atom. The summed E-state index contributed by atoms with van der Waals surface area (Å²) in [6.07, 6.45) is 3.51. The summed E-state index contributed by atoms with van der Waals surface area (Å²) < 4.78 is 36.2. The SMILES string of the molecule is CC1Oc2cc(cnc2N)-c2c(C#N)ncn2Cc2cc(F)cnc2-c2ccc(F)cc21. The summed E-state index contributed by atoms with van der Waals surface area (Å²) in [5, 5.41) is 9.58. The molecule has 9 heteroatoms. The van der Waals surface area contributed by atoms with Crippen LogP contribution in [0.4, 0.5) is 14.6 Å². The normalized spacial score (nSPS) is 14.6. The summed E-state index contributed by atoms with van der Waals surface area (Å²) in [6.45, 7) is 1.93. The van der Waals surface area contributed by atoms with Gasteiger partial charge in [0.25, 0.3) is 0 Å². The Bertz CT molecular complexity index is 1410. The van der Waals surface area contributed by atoms with E-state index in [1.165, 1.54) is 30.7 Å². The van der Waals surface area contributed by atoms with Gasteiger partial charge in [-0.3, -0.25) is 4.98 Å². The lowest BCUT2D eigenvalue weighted by Gasteiger charge is -2.22. The van der Waals surface area contributed by atoms with E-state index >= 15 is 0 Å². The van der Waals surface area contributed by atoms with E-state index in [2.05, 4.69) is 21.0 Å². The Labute approximate surface area is 181 Å². The average molecular weight is 430 g/mol. The number of nitriles is 1. The van der Waals surface area contributed by atoms with E-state index in [4.69, 9.17) is 10.5 Å². The Morgan fingerprint density at radius 3 is 2.78 bits per heavy atom. The summed E-state index contributed by atoms with van der Waals surface area (Å²) >= 11 is 0. The molecule has 2 N–H and O–H groups in total. The summed E-state index contributed by atoms with van der Waals surface area (Å²) in [4.78, 5) is 12.7. The molecule has 1 atom stereocenters. The summed E-state index contributed by atoms with van der Waals surface area (Å²) in [5.41, 5.74) is 9.41. The van der Waals surface area contributed by atoms with Gasteiger partial charge in [-0.2, -0.15) is 5.26 Å². The fourth-order valence-corrected chi connectivity index (χ4v) is 3.93. The molecule has 0 spiro atoms. The van der Waals surface area contributed by atoms with E-state index in [-0.39, 0.29) is 23.8 Å². The Hall–Kier alpha value is -4.32. The molecule has 7 nitrogen and oxygen atoms in total. The number of fused-ring (bicyclic) bond motifs is 7. The zero-order valence-corrected chi connectivity index (χ0v) is 16.9. The number of ether oxygens (including phenoxy) is 1. The molecular weight excluding hydrogens is 414 g/mol. The van der Waals surface area contributed by atoms with Gasteiger partial charge in [-0.25, -0.2) is 18.7 Å². The van der Waals surface area contributed by atoms with Gasteiger partial charge >= 0.3 is 0 Å². The second-order valence-electron chi connectivity index (χ2n) is 7.44. The predicted octanol–water partition coefficient (Wildman–Crippen LogP) is 4.24. The molecule has 1 aromatic carbocycles. The summed E-state index contributed by atoms with van der Waals surface area (Å²) in [5.74, 6) is -0.511. The van der Waals surface area contributed by atoms with Gasteiger partial charge in [-0.1, -0.05) is 0 Å². The van der Waals surface area contributed by atoms with Crippen LogP contribution in [0.5, 0.6) is 5.75 Å². The van der Waals surface area contributed by atoms with Gasteiger partial charge in [-0.05, 0) is 37.3 Å². The summed E-state index contributed by atoms with van der Waals surface area (Å²) in [7, 11) is 0. The van der Waals surface area contributed by atoms with Crippen molar-refractivity contribution in [2.45, 2.75) is 19.6 Å². The number of nitrogens with two attached hydrogens (primary N) is 1. The van der Waals surface area contributed by atoms with Crippen molar-refractivity contribution in [3.63, 3.8) is 0 Å². The maximum atomic E-state index is 14.2. The first-order valence-corrected chi connectivity index (χ1v) is 9.76. The van der Waals surface area contributed by atoms with Gasteiger partial charge in [0.05, 0.1) is 30.5 Å². The zero-order chi connectivity index (χ0) is 22.4. The highest BCUT2D eigenvalue weighted by Gasteiger charge is 2.23. The van der Waals surface area contributed by atoms with Gasteiger partial charge in [0.15, 0.2) is 17.3 Å². The highest BCUT2D eigenvalue weighted by Crippen LogP contribution is 2.37. The number of imidazole rings is 1. The second kappa shape index (κ2) is 7.42. The number of anilines is 1. The number of nitrogen functional groups attached to an aromatic ring is 1. The molecule has 1 aliphatic heterocycles. The van der Waals surface area contributed by atoms with E-state index in [9.17, 15) is 14.0 Å². The van der Waals surface area contributed by atoms with Crippen molar-refractivity contribution < 1.29 is 13.5 Å². The third-order valence-corrected chi connectivity index (χ3v) is 5.38. The van der Waals surface area contributed by atoms with Crippen LogP contribution in [0, 0.1) is 23.0 Å². The minimum absolute atomic E-state index is 0.154. The lowest BCUT2D eigenvalue weighted by Crippen LogP contribution is -2.11. The highest BCUT2D eigenvalue weighted by molar-refractivity contribution is 5.71. The van der Waals surface area contributed by atoms with Crippen LogP contribution in [0.25, 0.3) is 22.5 Å². The lowest BCUT2D eigenvalue weighted by molar-refractivity contribution is 0.227. The van der Waals surface area contributed by atoms with E-state index in [1.807, 2.05) is 0 Å². The highest BCUT2D eigenvalue weighted by atomic mass is 19.1. The van der Waals surface area contributed by atoms with E-state index in [1.54, 1.807) is 23.6 Å². The van der Waals surface area contributed by atoms with Crippen LogP contribution in [0.3, 0.4) is 0 Å². The molecule has 0 fully saturated rings. The smallest absolute Gasteiger partial charge is 0.166 e. The largest absolute Gasteiger partial charge is 0.482 e. The first-order chi connectivity index (χ1) is 15.4. The van der Waals surface area contributed by atoms with Crippen LogP contribution in [0.1, 0.15) is 29.8 Å². The van der Waals surface area contributed by atoms with E-state index in [0.717, 1.165) is 6.20 Å². The van der Waals surface area contributed by atoms with Crippen molar-refractivity contribution in [2.24, 2.45) is 0 Å². The Morgan fingerprint density at radius 2 is 1.97 bits per heavy atom. The molecular formula is C23H16F2N6O. The molecule has 4 aromatic rings.